The molecule has 1 heterocycles. The normalized spacial score (nSPS) is 18.3. The molecule has 6 nitrogen and oxygen atoms in total. The minimum atomic E-state index is -0.539. The van der Waals surface area contributed by atoms with Crippen LogP contribution < -0.4 is 11.1 Å². The lowest BCUT2D eigenvalue weighted by Gasteiger charge is -2.39. The Bertz CT molecular complexity index is 651. The van der Waals surface area contributed by atoms with E-state index < -0.39 is 11.9 Å². The first-order valence-electron chi connectivity index (χ1n) is 8.94. The fourth-order valence-electron chi connectivity index (χ4n) is 2.88. The number of hydrogen-bond donors (Lipinski definition) is 2. The summed E-state index contributed by atoms with van der Waals surface area (Å²) in [7, 11) is 0. The predicted molar refractivity (Wildman–Crippen MR) is 100 cm³/mol. The largest absolute Gasteiger partial charge is 0.339 e. The Morgan fingerprint density at radius 2 is 1.81 bits per heavy atom. The van der Waals surface area contributed by atoms with Crippen LogP contribution in [0.3, 0.4) is 0 Å². The van der Waals surface area contributed by atoms with Crippen molar-refractivity contribution in [2.75, 3.05) is 31.5 Å². The minimum Gasteiger partial charge on any atom is -0.339 e. The Morgan fingerprint density at radius 1 is 1.19 bits per heavy atom. The Balaban J connectivity index is 1.88. The third kappa shape index (κ3) is 5.02. The first kappa shape index (κ1) is 20.3. The molecule has 2 atom stereocenters. The lowest BCUT2D eigenvalue weighted by Crippen LogP contribution is -2.58. The Morgan fingerprint density at radius 3 is 2.35 bits per heavy atom. The van der Waals surface area contributed by atoms with E-state index in [0.29, 0.717) is 31.9 Å². The predicted octanol–water partition coefficient (Wildman–Crippen LogP) is 1.67. The van der Waals surface area contributed by atoms with E-state index >= 15 is 0 Å². The van der Waals surface area contributed by atoms with Gasteiger partial charge in [0.05, 0.1) is 12.1 Å². The fraction of sp³-hybridized carbons (Fsp3) is 0.579. The number of nitrogens with two attached hydrogens (primary N) is 1. The van der Waals surface area contributed by atoms with Gasteiger partial charge in [0.1, 0.15) is 5.82 Å². The molecule has 144 valence electrons. The van der Waals surface area contributed by atoms with Crippen molar-refractivity contribution in [1.29, 1.82) is 0 Å². The number of amides is 2. The smallest absolute Gasteiger partial charge is 0.241 e. The van der Waals surface area contributed by atoms with Crippen LogP contribution in [0.25, 0.3) is 0 Å². The molecule has 2 rings (SSSR count). The van der Waals surface area contributed by atoms with Crippen LogP contribution in [0.2, 0.25) is 0 Å². The molecule has 1 saturated heterocycles. The molecule has 1 fully saturated rings. The number of nitrogens with zero attached hydrogens (tertiary/aromatic N) is 2. The van der Waals surface area contributed by atoms with Gasteiger partial charge in [0.2, 0.25) is 11.8 Å². The van der Waals surface area contributed by atoms with E-state index in [4.69, 9.17) is 5.73 Å². The molecular weight excluding hydrogens is 335 g/mol. The number of halogens is 1. The van der Waals surface area contributed by atoms with Gasteiger partial charge in [-0.2, -0.15) is 0 Å². The Labute approximate surface area is 154 Å². The van der Waals surface area contributed by atoms with Gasteiger partial charge >= 0.3 is 0 Å². The van der Waals surface area contributed by atoms with Crippen LogP contribution >= 0.6 is 0 Å². The van der Waals surface area contributed by atoms with Gasteiger partial charge in [-0.3, -0.25) is 14.5 Å². The molecule has 0 bridgehead atoms. The molecule has 3 N–H and O–H groups in total. The highest BCUT2D eigenvalue weighted by molar-refractivity contribution is 5.94. The molecular formula is C19H29FN4O2. The molecule has 26 heavy (non-hydrogen) atoms. The number of rotatable bonds is 4. The maximum Gasteiger partial charge on any atom is 0.241 e. The highest BCUT2D eigenvalue weighted by Gasteiger charge is 2.34. The van der Waals surface area contributed by atoms with Gasteiger partial charge in [0.15, 0.2) is 0 Å². The summed E-state index contributed by atoms with van der Waals surface area (Å²) in [6.07, 6.45) is 0. The molecule has 0 aliphatic carbocycles. The summed E-state index contributed by atoms with van der Waals surface area (Å²) in [5.74, 6) is -0.631. The lowest BCUT2D eigenvalue weighted by atomic mass is 9.86. The lowest BCUT2D eigenvalue weighted by molar-refractivity contribution is -0.137. The maximum absolute atomic E-state index is 13.2. The van der Waals surface area contributed by atoms with Crippen molar-refractivity contribution in [3.63, 3.8) is 0 Å². The third-order valence-electron chi connectivity index (χ3n) is 4.84. The standard InChI is InChI=1S/C19H29FN4O2/c1-13(17(25)22-15-7-5-6-14(20)12-15)23-8-10-24(11-9-23)18(26)16(21)19(2,3)4/h5-7,12-13,16H,8-11,21H2,1-4H3,(H,22,25)/t13?,16-/m1/s1. The molecule has 1 aromatic rings. The number of benzene rings is 1. The molecule has 7 heteroatoms. The Hall–Kier alpha value is -1.99. The van der Waals surface area contributed by atoms with Gasteiger partial charge < -0.3 is 16.0 Å². The van der Waals surface area contributed by atoms with E-state index in [-0.39, 0.29) is 23.3 Å². The van der Waals surface area contributed by atoms with Crippen LogP contribution in [-0.2, 0) is 9.59 Å². The average molecular weight is 364 g/mol. The molecule has 0 radical (unpaired) electrons. The highest BCUT2D eigenvalue weighted by Crippen LogP contribution is 2.20. The van der Waals surface area contributed by atoms with Crippen LogP contribution in [0, 0.1) is 11.2 Å². The van der Waals surface area contributed by atoms with E-state index in [9.17, 15) is 14.0 Å². The summed E-state index contributed by atoms with van der Waals surface area (Å²) in [5, 5.41) is 2.73. The first-order chi connectivity index (χ1) is 12.1. The molecule has 1 unspecified atom stereocenters. The molecule has 2 amide bonds. The zero-order chi connectivity index (χ0) is 19.5. The minimum absolute atomic E-state index is 0.0472. The van der Waals surface area contributed by atoms with E-state index in [1.165, 1.54) is 12.1 Å². The number of hydrogen-bond acceptors (Lipinski definition) is 4. The summed E-state index contributed by atoms with van der Waals surface area (Å²) in [5.41, 5.74) is 6.22. The molecule has 1 aliphatic rings. The van der Waals surface area contributed by atoms with Gasteiger partial charge in [-0.25, -0.2) is 4.39 Å². The summed E-state index contributed by atoms with van der Waals surface area (Å²) >= 11 is 0. The number of carbonyl (C=O) groups excluding carboxylic acids is 2. The summed E-state index contributed by atoms with van der Waals surface area (Å²) in [4.78, 5) is 28.7. The van der Waals surface area contributed by atoms with Crippen molar-refractivity contribution >= 4 is 17.5 Å². The third-order valence-corrected chi connectivity index (χ3v) is 4.84. The molecule has 0 spiro atoms. The van der Waals surface area contributed by atoms with Gasteiger partial charge in [-0.1, -0.05) is 26.8 Å². The van der Waals surface area contributed by atoms with E-state index in [2.05, 4.69) is 5.32 Å². The number of nitrogens with one attached hydrogen (secondary N) is 1. The topological polar surface area (TPSA) is 78.7 Å². The number of carbonyl (C=O) groups is 2. The van der Waals surface area contributed by atoms with E-state index in [1.807, 2.05) is 32.6 Å². The van der Waals surface area contributed by atoms with Crippen LogP contribution in [0.15, 0.2) is 24.3 Å². The SMILES string of the molecule is CC(C(=O)Nc1cccc(F)c1)N1CCN(C(=O)[C@@H](N)C(C)(C)C)CC1. The molecule has 0 aromatic heterocycles. The van der Waals surface area contributed by atoms with Crippen LogP contribution in [0.4, 0.5) is 10.1 Å². The number of anilines is 1. The van der Waals surface area contributed by atoms with Gasteiger partial charge in [0, 0.05) is 31.9 Å². The molecule has 1 aromatic carbocycles. The van der Waals surface area contributed by atoms with Crippen LogP contribution in [0.5, 0.6) is 0 Å². The highest BCUT2D eigenvalue weighted by atomic mass is 19.1. The molecule has 1 aliphatic heterocycles. The van der Waals surface area contributed by atoms with Gasteiger partial charge in [-0.05, 0) is 30.5 Å². The summed E-state index contributed by atoms with van der Waals surface area (Å²) < 4.78 is 13.2. The second-order valence-electron chi connectivity index (χ2n) is 7.88. The van der Waals surface area contributed by atoms with Crippen molar-refractivity contribution in [3.8, 4) is 0 Å². The van der Waals surface area contributed by atoms with Crippen molar-refractivity contribution in [2.45, 2.75) is 39.8 Å². The van der Waals surface area contributed by atoms with Crippen molar-refractivity contribution in [3.05, 3.63) is 30.1 Å². The van der Waals surface area contributed by atoms with Crippen molar-refractivity contribution in [1.82, 2.24) is 9.80 Å². The fourth-order valence-corrected chi connectivity index (χ4v) is 2.88. The zero-order valence-electron chi connectivity index (χ0n) is 16.0. The summed E-state index contributed by atoms with van der Waals surface area (Å²) in [6.45, 7) is 9.94. The second kappa shape index (κ2) is 8.14. The number of piperazine rings is 1. The molecule has 0 saturated carbocycles. The summed E-state index contributed by atoms with van der Waals surface area (Å²) in [6, 6.07) is 4.91. The van der Waals surface area contributed by atoms with E-state index in [1.54, 1.807) is 17.0 Å². The van der Waals surface area contributed by atoms with Gasteiger partial charge in [0.25, 0.3) is 0 Å². The Kier molecular flexibility index (Phi) is 6.36. The first-order valence-corrected chi connectivity index (χ1v) is 8.94. The van der Waals surface area contributed by atoms with Crippen LogP contribution in [0.1, 0.15) is 27.7 Å². The van der Waals surface area contributed by atoms with Gasteiger partial charge in [-0.15, -0.1) is 0 Å². The maximum atomic E-state index is 13.2. The van der Waals surface area contributed by atoms with Crippen LogP contribution in [-0.4, -0.2) is 59.9 Å². The second-order valence-corrected chi connectivity index (χ2v) is 7.88. The van der Waals surface area contributed by atoms with Crippen molar-refractivity contribution < 1.29 is 14.0 Å². The average Bonchev–Trinajstić information content (AvgIpc) is 2.59. The van der Waals surface area contributed by atoms with E-state index in [0.717, 1.165) is 0 Å². The van der Waals surface area contributed by atoms with Crippen molar-refractivity contribution in [2.24, 2.45) is 11.1 Å². The zero-order valence-corrected chi connectivity index (χ0v) is 16.0. The quantitative estimate of drug-likeness (QED) is 0.852. The monoisotopic (exact) mass is 364 g/mol.